The van der Waals surface area contributed by atoms with E-state index in [-0.39, 0.29) is 5.75 Å². The van der Waals surface area contributed by atoms with Gasteiger partial charge in [0.1, 0.15) is 5.75 Å². The van der Waals surface area contributed by atoms with Crippen LogP contribution < -0.4 is 0 Å². The first kappa shape index (κ1) is 32.9. The van der Waals surface area contributed by atoms with Crippen LogP contribution in [0.15, 0.2) is 170 Å². The highest BCUT2D eigenvalue weighted by molar-refractivity contribution is 5.67. The molecule has 4 aromatic carbocycles. The maximum atomic E-state index is 10.5. The molecule has 0 amide bonds. The summed E-state index contributed by atoms with van der Waals surface area (Å²) in [6.45, 7) is 6.63. The molecule has 246 valence electrons. The molecule has 50 heavy (non-hydrogen) atoms. The van der Waals surface area contributed by atoms with E-state index >= 15 is 0 Å². The van der Waals surface area contributed by atoms with Gasteiger partial charge < -0.3 is 5.11 Å². The average molecular weight is 649 g/mol. The molecule has 3 aliphatic carbocycles. The highest BCUT2D eigenvalue weighted by atomic mass is 16.3. The van der Waals surface area contributed by atoms with E-state index in [0.29, 0.717) is 17.8 Å². The number of phenols is 1. The van der Waals surface area contributed by atoms with E-state index in [4.69, 9.17) is 0 Å². The lowest BCUT2D eigenvalue weighted by Crippen LogP contribution is -2.31. The van der Waals surface area contributed by atoms with Gasteiger partial charge in [-0.15, -0.1) is 0 Å². The summed E-state index contributed by atoms with van der Waals surface area (Å²) in [5, 5.41) is 10.5. The fraction of sp³-hybridized carbons (Fsp3) is 0.143. The van der Waals surface area contributed by atoms with Crippen LogP contribution in [-0.4, -0.2) is 5.11 Å². The predicted octanol–water partition coefficient (Wildman–Crippen LogP) is 12.0. The first-order chi connectivity index (χ1) is 24.4. The van der Waals surface area contributed by atoms with E-state index in [2.05, 4.69) is 197 Å². The molecule has 4 aromatic rings. The lowest BCUT2D eigenvalue weighted by Gasteiger charge is -2.38. The van der Waals surface area contributed by atoms with Crippen LogP contribution in [0.1, 0.15) is 55.6 Å². The van der Waals surface area contributed by atoms with Crippen LogP contribution in [0.5, 0.6) is 5.75 Å². The summed E-state index contributed by atoms with van der Waals surface area (Å²) in [4.78, 5) is 0. The summed E-state index contributed by atoms with van der Waals surface area (Å²) in [5.74, 6) is 1.25. The molecule has 1 heteroatoms. The van der Waals surface area contributed by atoms with Gasteiger partial charge in [-0.1, -0.05) is 176 Å². The maximum Gasteiger partial charge on any atom is 0.115 e. The van der Waals surface area contributed by atoms with Crippen molar-refractivity contribution in [2.24, 2.45) is 17.8 Å². The van der Waals surface area contributed by atoms with Gasteiger partial charge in [0.15, 0.2) is 0 Å². The molecule has 1 nitrogen and oxygen atoms in total. The molecule has 3 aliphatic rings. The molecule has 0 bridgehead atoms. The Morgan fingerprint density at radius 2 is 0.720 bits per heavy atom. The summed E-state index contributed by atoms with van der Waals surface area (Å²) in [5.41, 5.74) is 11.3. The van der Waals surface area contributed by atoms with Gasteiger partial charge in [0, 0.05) is 17.8 Å². The van der Waals surface area contributed by atoms with Crippen LogP contribution in [0, 0.1) is 38.5 Å². The predicted molar refractivity (Wildman–Crippen MR) is 213 cm³/mol. The highest BCUT2D eigenvalue weighted by Gasteiger charge is 2.39. The molecule has 0 saturated heterocycles. The van der Waals surface area contributed by atoms with Crippen LogP contribution in [0.4, 0.5) is 0 Å². The fourth-order valence-corrected chi connectivity index (χ4v) is 7.38. The molecule has 0 saturated carbocycles. The van der Waals surface area contributed by atoms with Gasteiger partial charge in [-0.2, -0.15) is 0 Å². The van der Waals surface area contributed by atoms with Gasteiger partial charge in [0.2, 0.25) is 0 Å². The molecule has 7 rings (SSSR count). The molecule has 0 unspecified atom stereocenters. The number of hydrogen-bond donors (Lipinski definition) is 1. The van der Waals surface area contributed by atoms with E-state index in [1.807, 2.05) is 12.1 Å². The second-order valence-electron chi connectivity index (χ2n) is 13.6. The quantitative estimate of drug-likeness (QED) is 0.170. The molecule has 0 aromatic heterocycles. The van der Waals surface area contributed by atoms with Gasteiger partial charge in [0.25, 0.3) is 0 Å². The minimum atomic E-state index is -0.647. The van der Waals surface area contributed by atoms with Gasteiger partial charge in [-0.25, -0.2) is 0 Å². The molecule has 1 N–H and O–H groups in total. The minimum Gasteiger partial charge on any atom is -0.508 e. The van der Waals surface area contributed by atoms with Crippen LogP contribution in [-0.2, 0) is 5.41 Å². The molecule has 0 radical (unpaired) electrons. The lowest BCUT2D eigenvalue weighted by atomic mass is 9.64. The Bertz CT molecular complexity index is 1910. The zero-order chi connectivity index (χ0) is 34.5. The molecule has 0 atom stereocenters. The van der Waals surface area contributed by atoms with E-state index in [0.717, 1.165) is 5.56 Å². The van der Waals surface area contributed by atoms with Crippen molar-refractivity contribution in [3.05, 3.63) is 226 Å². The van der Waals surface area contributed by atoms with Gasteiger partial charge in [0.05, 0.1) is 5.41 Å². The van der Waals surface area contributed by atoms with E-state index in [1.54, 1.807) is 0 Å². The summed E-state index contributed by atoms with van der Waals surface area (Å²) >= 11 is 0. The SMILES string of the molecule is Cc1cc(C(c2ccc(O)cc2)(c2ccc(/C=C/C3C=CC=C3)c(C)c2)c2ccc(/C=C/C3C=CC=C3)c(C)c2)ccc1/C=C/C1C=CC=C1. The van der Waals surface area contributed by atoms with Gasteiger partial charge >= 0.3 is 0 Å². The summed E-state index contributed by atoms with van der Waals surface area (Å²) < 4.78 is 0. The summed E-state index contributed by atoms with van der Waals surface area (Å²) in [6, 6.07) is 28.5. The van der Waals surface area contributed by atoms with Crippen LogP contribution >= 0.6 is 0 Å². The normalized spacial score (nSPS) is 16.2. The third kappa shape index (κ3) is 6.78. The Kier molecular flexibility index (Phi) is 9.49. The summed E-state index contributed by atoms with van der Waals surface area (Å²) in [7, 11) is 0. The molecule has 0 spiro atoms. The standard InChI is InChI=1S/C49H44O/c1-35-32-45(25-22-41(35)19-16-38-10-4-5-11-38)49(44-28-30-48(50)31-29-44,46-26-23-42(36(2)33-46)20-17-39-12-6-7-13-39)47-27-24-43(37(3)34-47)21-18-40-14-8-9-15-40/h4-34,38-40,50H,1-3H3/b19-16+,20-17+,21-18+. The number of benzene rings is 4. The van der Waals surface area contributed by atoms with Crippen molar-refractivity contribution in [2.45, 2.75) is 26.2 Å². The van der Waals surface area contributed by atoms with Crippen molar-refractivity contribution in [3.8, 4) is 5.75 Å². The number of aromatic hydroxyl groups is 1. The summed E-state index contributed by atoms with van der Waals surface area (Å²) in [6.07, 6.45) is 39.4. The maximum absolute atomic E-state index is 10.5. The number of rotatable bonds is 10. The first-order valence-electron chi connectivity index (χ1n) is 17.6. The number of aryl methyl sites for hydroxylation is 3. The van der Waals surface area contributed by atoms with Crippen molar-refractivity contribution in [3.63, 3.8) is 0 Å². The van der Waals surface area contributed by atoms with Crippen LogP contribution in [0.25, 0.3) is 18.2 Å². The van der Waals surface area contributed by atoms with E-state index < -0.39 is 5.41 Å². The van der Waals surface area contributed by atoms with Crippen molar-refractivity contribution in [2.75, 3.05) is 0 Å². The number of phenolic OH excluding ortho intramolecular Hbond substituents is 1. The Morgan fingerprint density at radius 3 is 1.02 bits per heavy atom. The lowest BCUT2D eigenvalue weighted by molar-refractivity contribution is 0.475. The monoisotopic (exact) mass is 648 g/mol. The molecular weight excluding hydrogens is 605 g/mol. The third-order valence-electron chi connectivity index (χ3n) is 10.2. The van der Waals surface area contributed by atoms with E-state index in [9.17, 15) is 5.11 Å². The second-order valence-corrected chi connectivity index (χ2v) is 13.6. The molecule has 0 aliphatic heterocycles. The van der Waals surface area contributed by atoms with Gasteiger partial charge in [-0.05, 0) is 88.5 Å². The smallest absolute Gasteiger partial charge is 0.115 e. The molecular formula is C49H44O. The topological polar surface area (TPSA) is 20.2 Å². The van der Waals surface area contributed by atoms with Crippen molar-refractivity contribution in [1.82, 2.24) is 0 Å². The van der Waals surface area contributed by atoms with Crippen molar-refractivity contribution in [1.29, 1.82) is 0 Å². The van der Waals surface area contributed by atoms with E-state index in [1.165, 1.54) is 50.1 Å². The zero-order valence-corrected chi connectivity index (χ0v) is 29.1. The largest absolute Gasteiger partial charge is 0.508 e. The van der Waals surface area contributed by atoms with Gasteiger partial charge in [-0.3, -0.25) is 0 Å². The molecule has 0 heterocycles. The van der Waals surface area contributed by atoms with Crippen molar-refractivity contribution < 1.29 is 5.11 Å². The highest BCUT2D eigenvalue weighted by Crippen LogP contribution is 2.47. The number of hydrogen-bond acceptors (Lipinski definition) is 1. The van der Waals surface area contributed by atoms with Crippen LogP contribution in [0.2, 0.25) is 0 Å². The zero-order valence-electron chi connectivity index (χ0n) is 29.1. The second kappa shape index (κ2) is 14.4. The molecule has 0 fully saturated rings. The minimum absolute atomic E-state index is 0.257. The average Bonchev–Trinajstić information content (AvgIpc) is 3.94. The Morgan fingerprint density at radius 1 is 0.420 bits per heavy atom. The Balaban J connectivity index is 1.41. The van der Waals surface area contributed by atoms with Crippen LogP contribution in [0.3, 0.4) is 0 Å². The number of allylic oxidation sites excluding steroid dienone is 15. The Labute approximate surface area is 297 Å². The first-order valence-corrected chi connectivity index (χ1v) is 17.6. The van der Waals surface area contributed by atoms with Crippen molar-refractivity contribution >= 4 is 18.2 Å². The Hall–Kier alpha value is -5.66. The third-order valence-corrected chi connectivity index (χ3v) is 10.2. The fourth-order valence-electron chi connectivity index (χ4n) is 7.38.